The normalized spacial score (nSPS) is 11.6. The van der Waals surface area contributed by atoms with Crippen LogP contribution < -0.4 is 4.90 Å². The van der Waals surface area contributed by atoms with Crippen LogP contribution in [0.3, 0.4) is 0 Å². The number of aromatic nitrogens is 2. The van der Waals surface area contributed by atoms with Gasteiger partial charge in [0.2, 0.25) is 0 Å². The number of ether oxygens (including phenoxy) is 1. The second kappa shape index (κ2) is 10.6. The number of benzene rings is 3. The highest BCUT2D eigenvalue weighted by Crippen LogP contribution is 2.28. The number of rotatable bonds is 8. The zero-order chi connectivity index (χ0) is 25.9. The number of hydrogen-bond acceptors (Lipinski definition) is 4. The van der Waals surface area contributed by atoms with Crippen LogP contribution in [0.1, 0.15) is 62.3 Å². The zero-order valence-electron chi connectivity index (χ0n) is 22.3. The van der Waals surface area contributed by atoms with Crippen molar-refractivity contribution in [1.29, 1.82) is 0 Å². The predicted molar refractivity (Wildman–Crippen MR) is 149 cm³/mol. The van der Waals surface area contributed by atoms with E-state index in [9.17, 15) is 4.79 Å². The number of carbonyl (C=O) groups excluding carboxylic acids is 1. The molecule has 0 aliphatic heterocycles. The van der Waals surface area contributed by atoms with Gasteiger partial charge in [0.25, 0.3) is 0 Å². The van der Waals surface area contributed by atoms with Crippen molar-refractivity contribution in [2.45, 2.75) is 59.1 Å². The summed E-state index contributed by atoms with van der Waals surface area (Å²) in [5.74, 6) is 0.825. The Kier molecular flexibility index (Phi) is 7.48. The van der Waals surface area contributed by atoms with Crippen LogP contribution >= 0.6 is 0 Å². The first kappa shape index (κ1) is 25.5. The largest absolute Gasteiger partial charge is 0.456 e. The Hall–Kier alpha value is -3.60. The molecule has 5 heteroatoms. The number of unbranched alkanes of at least 4 members (excludes halogenated alkanes) is 1. The Balaban J connectivity index is 1.66. The molecular weight excluding hydrogens is 446 g/mol. The molecule has 4 aromatic rings. The lowest BCUT2D eigenvalue weighted by molar-refractivity contribution is 0.00704. The molecule has 0 aliphatic carbocycles. The number of imidazole rings is 1. The lowest BCUT2D eigenvalue weighted by atomic mass is 9.98. The van der Waals surface area contributed by atoms with Gasteiger partial charge in [0.1, 0.15) is 11.4 Å². The SMILES string of the molecule is CCCCc1nc2ccc(N(C)C)cc2n1Cc1ccc(-c2ccccc2C(=O)OC(C)(C)C)cc1. The van der Waals surface area contributed by atoms with Gasteiger partial charge in [-0.3, -0.25) is 0 Å². The van der Waals surface area contributed by atoms with Crippen molar-refractivity contribution in [2.24, 2.45) is 0 Å². The number of carbonyl (C=O) groups is 1. The number of aryl methyl sites for hydroxylation is 1. The average molecular weight is 484 g/mol. The molecule has 36 heavy (non-hydrogen) atoms. The van der Waals surface area contributed by atoms with Gasteiger partial charge in [-0.25, -0.2) is 9.78 Å². The molecular formula is C31H37N3O2. The molecule has 188 valence electrons. The van der Waals surface area contributed by atoms with Gasteiger partial charge in [-0.1, -0.05) is 55.8 Å². The summed E-state index contributed by atoms with van der Waals surface area (Å²) < 4.78 is 7.99. The molecule has 0 aliphatic rings. The molecule has 0 atom stereocenters. The summed E-state index contributed by atoms with van der Waals surface area (Å²) in [4.78, 5) is 19.9. The fourth-order valence-electron chi connectivity index (χ4n) is 4.36. The van der Waals surface area contributed by atoms with Crippen LogP contribution in [-0.4, -0.2) is 35.2 Å². The van der Waals surface area contributed by atoms with Crippen molar-refractivity contribution < 1.29 is 9.53 Å². The second-order valence-electron chi connectivity index (χ2n) is 10.5. The number of fused-ring (bicyclic) bond motifs is 1. The quantitative estimate of drug-likeness (QED) is 0.250. The minimum Gasteiger partial charge on any atom is -0.456 e. The maximum absolute atomic E-state index is 12.8. The fourth-order valence-corrected chi connectivity index (χ4v) is 4.36. The number of hydrogen-bond donors (Lipinski definition) is 0. The van der Waals surface area contributed by atoms with Crippen molar-refractivity contribution >= 4 is 22.7 Å². The van der Waals surface area contributed by atoms with E-state index in [4.69, 9.17) is 9.72 Å². The van der Waals surface area contributed by atoms with Gasteiger partial charge in [-0.15, -0.1) is 0 Å². The van der Waals surface area contributed by atoms with Gasteiger partial charge in [-0.05, 0) is 68.1 Å². The van der Waals surface area contributed by atoms with Gasteiger partial charge in [0, 0.05) is 32.7 Å². The topological polar surface area (TPSA) is 47.4 Å². The number of esters is 1. The molecule has 0 bridgehead atoms. The molecule has 0 saturated carbocycles. The Morgan fingerprint density at radius 3 is 2.39 bits per heavy atom. The van der Waals surface area contributed by atoms with Crippen LogP contribution in [0.2, 0.25) is 0 Å². The molecule has 0 amide bonds. The van der Waals surface area contributed by atoms with Crippen LogP contribution in [0.5, 0.6) is 0 Å². The molecule has 3 aromatic carbocycles. The lowest BCUT2D eigenvalue weighted by Crippen LogP contribution is -2.24. The third-order valence-corrected chi connectivity index (χ3v) is 6.23. The van der Waals surface area contributed by atoms with Crippen molar-refractivity contribution in [3.8, 4) is 11.1 Å². The van der Waals surface area contributed by atoms with Gasteiger partial charge in [0.15, 0.2) is 0 Å². The third kappa shape index (κ3) is 5.78. The van der Waals surface area contributed by atoms with Gasteiger partial charge < -0.3 is 14.2 Å². The predicted octanol–water partition coefficient (Wildman–Crippen LogP) is 7.12. The third-order valence-electron chi connectivity index (χ3n) is 6.23. The Labute approximate surface area is 214 Å². The van der Waals surface area contributed by atoms with E-state index in [1.54, 1.807) is 0 Å². The summed E-state index contributed by atoms with van der Waals surface area (Å²) in [6.45, 7) is 8.63. The molecule has 5 nitrogen and oxygen atoms in total. The monoisotopic (exact) mass is 483 g/mol. The summed E-state index contributed by atoms with van der Waals surface area (Å²) in [6, 6.07) is 22.6. The lowest BCUT2D eigenvalue weighted by Gasteiger charge is -2.20. The molecule has 1 aromatic heterocycles. The maximum Gasteiger partial charge on any atom is 0.339 e. The standard InChI is InChI=1S/C31H37N3O2/c1-7-8-13-29-32-27-19-18-24(33(5)6)20-28(27)34(29)21-22-14-16-23(17-15-22)25-11-9-10-12-26(25)30(35)36-31(2,3)4/h9-12,14-20H,7-8,13,21H2,1-6H3. The first-order valence-electron chi connectivity index (χ1n) is 12.7. The zero-order valence-corrected chi connectivity index (χ0v) is 22.3. The van der Waals surface area contributed by atoms with Crippen molar-refractivity contribution in [2.75, 3.05) is 19.0 Å². The van der Waals surface area contributed by atoms with Gasteiger partial charge >= 0.3 is 5.97 Å². The van der Waals surface area contributed by atoms with Crippen LogP contribution in [0.4, 0.5) is 5.69 Å². The number of anilines is 1. The van der Waals surface area contributed by atoms with Gasteiger partial charge in [-0.2, -0.15) is 0 Å². The van der Waals surface area contributed by atoms with Gasteiger partial charge in [0.05, 0.1) is 16.6 Å². The van der Waals surface area contributed by atoms with E-state index in [-0.39, 0.29) is 5.97 Å². The minimum absolute atomic E-state index is 0.302. The van der Waals surface area contributed by atoms with E-state index < -0.39 is 5.60 Å². The minimum atomic E-state index is -0.538. The van der Waals surface area contributed by atoms with E-state index in [1.807, 2.05) is 45.0 Å². The van der Waals surface area contributed by atoms with Crippen molar-refractivity contribution in [3.05, 3.63) is 83.7 Å². The molecule has 4 rings (SSSR count). The summed E-state index contributed by atoms with van der Waals surface area (Å²) in [5, 5.41) is 0. The smallest absolute Gasteiger partial charge is 0.339 e. The van der Waals surface area contributed by atoms with E-state index in [0.717, 1.165) is 53.8 Å². The van der Waals surface area contributed by atoms with Crippen LogP contribution in [-0.2, 0) is 17.7 Å². The Bertz CT molecular complexity index is 1340. The van der Waals surface area contributed by atoms with E-state index in [1.165, 1.54) is 11.3 Å². The summed E-state index contributed by atoms with van der Waals surface area (Å²) in [6.07, 6.45) is 3.21. The molecule has 0 fully saturated rings. The second-order valence-corrected chi connectivity index (χ2v) is 10.5. The molecule has 0 spiro atoms. The van der Waals surface area contributed by atoms with Crippen LogP contribution in [0.25, 0.3) is 22.2 Å². The van der Waals surface area contributed by atoms with E-state index >= 15 is 0 Å². The van der Waals surface area contributed by atoms with Crippen molar-refractivity contribution in [3.63, 3.8) is 0 Å². The molecule has 0 radical (unpaired) electrons. The molecule has 1 heterocycles. The van der Waals surface area contributed by atoms with Crippen molar-refractivity contribution in [1.82, 2.24) is 9.55 Å². The highest BCUT2D eigenvalue weighted by molar-refractivity contribution is 5.97. The van der Waals surface area contributed by atoms with E-state index in [0.29, 0.717) is 5.56 Å². The summed E-state index contributed by atoms with van der Waals surface area (Å²) in [5.41, 5.74) is 6.48. The van der Waals surface area contributed by atoms with Crippen LogP contribution in [0, 0.1) is 0 Å². The highest BCUT2D eigenvalue weighted by atomic mass is 16.6. The molecule has 0 unspecified atom stereocenters. The fraction of sp³-hybridized carbons (Fsp3) is 0.355. The molecule has 0 saturated heterocycles. The Morgan fingerprint density at radius 2 is 1.72 bits per heavy atom. The van der Waals surface area contributed by atoms with E-state index in [2.05, 4.69) is 73.0 Å². The average Bonchev–Trinajstić information content (AvgIpc) is 3.18. The number of nitrogens with zero attached hydrogens (tertiary/aromatic N) is 3. The highest BCUT2D eigenvalue weighted by Gasteiger charge is 2.20. The molecule has 0 N–H and O–H groups in total. The first-order valence-corrected chi connectivity index (χ1v) is 12.7. The Morgan fingerprint density at radius 1 is 1.00 bits per heavy atom. The summed E-state index contributed by atoms with van der Waals surface area (Å²) in [7, 11) is 4.13. The first-order chi connectivity index (χ1) is 17.2. The summed E-state index contributed by atoms with van der Waals surface area (Å²) >= 11 is 0. The van der Waals surface area contributed by atoms with Crippen LogP contribution in [0.15, 0.2) is 66.7 Å². The maximum atomic E-state index is 12.8.